The van der Waals surface area contributed by atoms with Gasteiger partial charge in [0.1, 0.15) is 22.7 Å². The van der Waals surface area contributed by atoms with Crippen LogP contribution in [-0.4, -0.2) is 40.0 Å². The van der Waals surface area contributed by atoms with Crippen LogP contribution in [0.3, 0.4) is 0 Å². The molecule has 0 N–H and O–H groups in total. The Labute approximate surface area is 207 Å². The highest BCUT2D eigenvalue weighted by Crippen LogP contribution is 2.33. The standard InChI is InChI=1S/C27H26N4O5/c1-5-35-24-11-8-19(14-25(24)34-4)26-28-22(17(2)36-26)16-30-12-13-31-23(27(30)32)15-21(29-31)18-6-9-20(33-3)10-7-18/h6-15H,5,16H2,1-4H3. The lowest BCUT2D eigenvalue weighted by molar-refractivity contribution is 0.311. The van der Waals surface area contributed by atoms with E-state index in [1.54, 1.807) is 41.8 Å². The van der Waals surface area contributed by atoms with Crippen molar-refractivity contribution in [1.82, 2.24) is 19.2 Å². The fourth-order valence-electron chi connectivity index (χ4n) is 3.99. The van der Waals surface area contributed by atoms with Crippen molar-refractivity contribution in [2.24, 2.45) is 0 Å². The predicted octanol–water partition coefficient (Wildman–Crippen LogP) is 4.59. The Balaban J connectivity index is 1.44. The number of methoxy groups -OCH3 is 2. The Bertz CT molecular complexity index is 1580. The van der Waals surface area contributed by atoms with Crippen LogP contribution in [0.5, 0.6) is 17.2 Å². The van der Waals surface area contributed by atoms with Crippen molar-refractivity contribution in [3.63, 3.8) is 0 Å². The van der Waals surface area contributed by atoms with Crippen LogP contribution in [0.1, 0.15) is 18.4 Å². The first-order valence-electron chi connectivity index (χ1n) is 11.5. The molecule has 0 aliphatic heterocycles. The van der Waals surface area contributed by atoms with E-state index in [9.17, 15) is 4.79 Å². The highest BCUT2D eigenvalue weighted by atomic mass is 16.5. The van der Waals surface area contributed by atoms with Gasteiger partial charge in [0, 0.05) is 23.5 Å². The molecule has 0 spiro atoms. The van der Waals surface area contributed by atoms with Crippen LogP contribution in [0, 0.1) is 6.92 Å². The lowest BCUT2D eigenvalue weighted by Gasteiger charge is -2.09. The van der Waals surface area contributed by atoms with Crippen molar-refractivity contribution < 1.29 is 18.6 Å². The molecule has 0 bridgehead atoms. The third-order valence-electron chi connectivity index (χ3n) is 5.91. The lowest BCUT2D eigenvalue weighted by atomic mass is 10.1. The summed E-state index contributed by atoms with van der Waals surface area (Å²) in [5.74, 6) is 3.10. The van der Waals surface area contributed by atoms with Crippen LogP contribution in [0.2, 0.25) is 0 Å². The van der Waals surface area contributed by atoms with Gasteiger partial charge in [-0.25, -0.2) is 9.50 Å². The fourth-order valence-corrected chi connectivity index (χ4v) is 3.99. The first kappa shape index (κ1) is 23.2. The van der Waals surface area contributed by atoms with E-state index in [4.69, 9.17) is 18.6 Å². The number of nitrogens with zero attached hydrogens (tertiary/aromatic N) is 4. The zero-order chi connectivity index (χ0) is 25.2. The van der Waals surface area contributed by atoms with E-state index in [0.29, 0.717) is 46.7 Å². The molecule has 3 heterocycles. The molecule has 0 saturated carbocycles. The van der Waals surface area contributed by atoms with Crippen molar-refractivity contribution in [2.45, 2.75) is 20.4 Å². The second-order valence-electron chi connectivity index (χ2n) is 8.14. The molecule has 0 aliphatic rings. The number of fused-ring (bicyclic) bond motifs is 1. The van der Waals surface area contributed by atoms with Crippen molar-refractivity contribution >= 4 is 5.52 Å². The van der Waals surface area contributed by atoms with Gasteiger partial charge < -0.3 is 23.2 Å². The number of rotatable bonds is 8. The molecule has 9 heteroatoms. The zero-order valence-corrected chi connectivity index (χ0v) is 20.5. The average molecular weight is 487 g/mol. The van der Waals surface area contributed by atoms with Gasteiger partial charge in [0.2, 0.25) is 5.89 Å². The normalized spacial score (nSPS) is 11.1. The third-order valence-corrected chi connectivity index (χ3v) is 5.91. The van der Waals surface area contributed by atoms with Crippen LogP contribution >= 0.6 is 0 Å². The van der Waals surface area contributed by atoms with Gasteiger partial charge in [0.15, 0.2) is 11.5 Å². The SMILES string of the molecule is CCOc1ccc(-c2nc(Cn3ccn4nc(-c5ccc(OC)cc5)cc4c3=O)c(C)o2)cc1OC. The van der Waals surface area contributed by atoms with Crippen LogP contribution in [0.15, 0.2) is 70.1 Å². The van der Waals surface area contributed by atoms with Gasteiger partial charge in [-0.1, -0.05) is 0 Å². The highest BCUT2D eigenvalue weighted by Gasteiger charge is 2.16. The Morgan fingerprint density at radius 2 is 1.72 bits per heavy atom. The largest absolute Gasteiger partial charge is 0.497 e. The monoisotopic (exact) mass is 486 g/mol. The Kier molecular flexibility index (Phi) is 6.20. The van der Waals surface area contributed by atoms with Gasteiger partial charge in [-0.2, -0.15) is 5.10 Å². The van der Waals surface area contributed by atoms with Crippen molar-refractivity contribution in [3.05, 3.63) is 82.7 Å². The minimum atomic E-state index is -0.170. The van der Waals surface area contributed by atoms with Crippen molar-refractivity contribution in [3.8, 4) is 40.0 Å². The van der Waals surface area contributed by atoms with E-state index in [1.165, 1.54) is 0 Å². The zero-order valence-electron chi connectivity index (χ0n) is 20.5. The first-order valence-corrected chi connectivity index (χ1v) is 11.5. The second kappa shape index (κ2) is 9.61. The first-order chi connectivity index (χ1) is 17.5. The molecule has 0 unspecified atom stereocenters. The maximum atomic E-state index is 13.2. The minimum Gasteiger partial charge on any atom is -0.497 e. The van der Waals surface area contributed by atoms with Crippen LogP contribution in [0.25, 0.3) is 28.2 Å². The molecule has 0 saturated heterocycles. The third kappa shape index (κ3) is 4.31. The van der Waals surface area contributed by atoms with Gasteiger partial charge >= 0.3 is 0 Å². The maximum Gasteiger partial charge on any atom is 0.276 e. The summed E-state index contributed by atoms with van der Waals surface area (Å²) >= 11 is 0. The maximum absolute atomic E-state index is 13.2. The smallest absolute Gasteiger partial charge is 0.276 e. The van der Waals surface area contributed by atoms with Gasteiger partial charge in [0.05, 0.1) is 33.1 Å². The quantitative estimate of drug-likeness (QED) is 0.317. The molecule has 0 atom stereocenters. The second-order valence-corrected chi connectivity index (χ2v) is 8.14. The minimum absolute atomic E-state index is 0.170. The van der Waals surface area contributed by atoms with Gasteiger partial charge in [-0.3, -0.25) is 4.79 Å². The summed E-state index contributed by atoms with van der Waals surface area (Å²) in [6.45, 7) is 4.56. The summed E-state index contributed by atoms with van der Waals surface area (Å²) in [6, 6.07) is 14.9. The van der Waals surface area contributed by atoms with E-state index in [-0.39, 0.29) is 12.1 Å². The Morgan fingerprint density at radius 1 is 0.944 bits per heavy atom. The number of hydrogen-bond donors (Lipinski definition) is 0. The van der Waals surface area contributed by atoms with E-state index in [1.807, 2.05) is 56.3 Å². The molecule has 36 heavy (non-hydrogen) atoms. The molecule has 184 valence electrons. The molecule has 2 aromatic carbocycles. The molecule has 0 fully saturated rings. The molecule has 0 amide bonds. The van der Waals surface area contributed by atoms with Crippen molar-refractivity contribution in [2.75, 3.05) is 20.8 Å². The molecular formula is C27H26N4O5. The van der Waals surface area contributed by atoms with E-state index >= 15 is 0 Å². The lowest BCUT2D eigenvalue weighted by Crippen LogP contribution is -2.22. The summed E-state index contributed by atoms with van der Waals surface area (Å²) in [6.07, 6.45) is 3.46. The molecule has 0 radical (unpaired) electrons. The molecule has 9 nitrogen and oxygen atoms in total. The topological polar surface area (TPSA) is 93.0 Å². The molecular weight excluding hydrogens is 460 g/mol. The van der Waals surface area contributed by atoms with E-state index in [2.05, 4.69) is 10.1 Å². The number of aromatic nitrogens is 4. The van der Waals surface area contributed by atoms with Gasteiger partial charge in [0.25, 0.3) is 5.56 Å². The highest BCUT2D eigenvalue weighted by molar-refractivity contribution is 5.66. The number of oxazole rings is 1. The van der Waals surface area contributed by atoms with Gasteiger partial charge in [-0.05, 0) is 62.4 Å². The molecule has 0 aliphatic carbocycles. The predicted molar refractivity (Wildman–Crippen MR) is 135 cm³/mol. The number of aryl methyl sites for hydroxylation is 1. The fraction of sp³-hybridized carbons (Fsp3) is 0.222. The number of hydrogen-bond acceptors (Lipinski definition) is 7. The van der Waals surface area contributed by atoms with Crippen LogP contribution < -0.4 is 19.8 Å². The van der Waals surface area contributed by atoms with Crippen LogP contribution in [-0.2, 0) is 6.54 Å². The summed E-state index contributed by atoms with van der Waals surface area (Å²) in [5, 5.41) is 4.55. The van der Waals surface area contributed by atoms with E-state index < -0.39 is 0 Å². The van der Waals surface area contributed by atoms with Gasteiger partial charge in [-0.15, -0.1) is 0 Å². The number of ether oxygens (including phenoxy) is 3. The Morgan fingerprint density at radius 3 is 2.44 bits per heavy atom. The molecule has 3 aromatic heterocycles. The summed E-state index contributed by atoms with van der Waals surface area (Å²) in [5.41, 5.74) is 3.33. The summed E-state index contributed by atoms with van der Waals surface area (Å²) in [4.78, 5) is 17.9. The average Bonchev–Trinajstić information content (AvgIpc) is 3.50. The summed E-state index contributed by atoms with van der Waals surface area (Å²) in [7, 11) is 3.21. The summed E-state index contributed by atoms with van der Waals surface area (Å²) < 4.78 is 25.4. The Hall–Kier alpha value is -4.53. The number of benzene rings is 2. The van der Waals surface area contributed by atoms with Crippen LogP contribution in [0.4, 0.5) is 0 Å². The molecule has 5 aromatic rings. The molecule has 5 rings (SSSR count). The van der Waals surface area contributed by atoms with Crippen molar-refractivity contribution in [1.29, 1.82) is 0 Å². The van der Waals surface area contributed by atoms with E-state index in [0.717, 1.165) is 16.9 Å².